The number of esters is 2. The van der Waals surface area contributed by atoms with E-state index in [2.05, 4.69) is 13.8 Å². The molecule has 13 heteroatoms. The number of carbonyl (C=O) groups excluding carboxylic acids is 2. The molecular weight excluding hydrogens is 679 g/mol. The van der Waals surface area contributed by atoms with Crippen molar-refractivity contribution in [1.29, 1.82) is 0 Å². The summed E-state index contributed by atoms with van der Waals surface area (Å²) in [6.45, 7) is 1.71. The Labute approximate surface area is 309 Å². The molecule has 1 unspecified atom stereocenters. The van der Waals surface area contributed by atoms with Gasteiger partial charge in [0, 0.05) is 12.8 Å². The number of ether oxygens (including phenoxy) is 2. The first-order valence-electron chi connectivity index (χ1n) is 20.2. The maximum atomic E-state index is 12.6. The average Bonchev–Trinajstić information content (AvgIpc) is 3.11. The van der Waals surface area contributed by atoms with Crippen LogP contribution < -0.4 is 0 Å². The molecule has 5 N–H and O–H groups in total. The fourth-order valence-electron chi connectivity index (χ4n) is 5.69. The van der Waals surface area contributed by atoms with Gasteiger partial charge in [-0.05, 0) is 12.8 Å². The molecule has 304 valence electrons. The lowest BCUT2D eigenvalue weighted by Gasteiger charge is -2.23. The van der Waals surface area contributed by atoms with E-state index in [4.69, 9.17) is 23.6 Å². The van der Waals surface area contributed by atoms with Gasteiger partial charge in [-0.2, -0.15) is 0 Å². The Morgan fingerprint density at radius 2 is 0.902 bits per heavy atom. The predicted octanol–water partition coefficient (Wildman–Crippen LogP) is 7.83. The Morgan fingerprint density at radius 3 is 1.31 bits per heavy atom. The van der Waals surface area contributed by atoms with Crippen molar-refractivity contribution in [2.45, 2.75) is 205 Å². The first kappa shape index (κ1) is 49.9. The summed E-state index contributed by atoms with van der Waals surface area (Å²) in [6.07, 6.45) is 21.9. The molecule has 0 rings (SSSR count). The zero-order valence-corrected chi connectivity index (χ0v) is 33.0. The highest BCUT2D eigenvalue weighted by Crippen LogP contribution is 2.43. The number of hydrogen-bond donors (Lipinski definition) is 5. The van der Waals surface area contributed by atoms with Gasteiger partial charge in [-0.1, -0.05) is 155 Å². The predicted molar refractivity (Wildman–Crippen MR) is 199 cm³/mol. The van der Waals surface area contributed by atoms with Crippen LogP contribution >= 0.6 is 7.82 Å². The van der Waals surface area contributed by atoms with Gasteiger partial charge < -0.3 is 34.8 Å². The lowest BCUT2D eigenvalue weighted by atomic mass is 10.0. The van der Waals surface area contributed by atoms with E-state index in [0.717, 1.165) is 38.5 Å². The minimum absolute atomic E-state index is 0.143. The Bertz CT molecular complexity index is 861. The van der Waals surface area contributed by atoms with Gasteiger partial charge in [-0.3, -0.25) is 18.6 Å². The fourth-order valence-corrected chi connectivity index (χ4v) is 6.46. The van der Waals surface area contributed by atoms with Crippen LogP contribution in [0.4, 0.5) is 0 Å². The number of aliphatic hydroxyl groups excluding tert-OH is 4. The largest absolute Gasteiger partial charge is 0.472 e. The lowest BCUT2D eigenvalue weighted by molar-refractivity contribution is -0.161. The molecule has 0 saturated heterocycles. The summed E-state index contributed by atoms with van der Waals surface area (Å²) < 4.78 is 32.8. The van der Waals surface area contributed by atoms with Gasteiger partial charge in [0.15, 0.2) is 6.10 Å². The van der Waals surface area contributed by atoms with E-state index in [0.29, 0.717) is 12.8 Å². The second kappa shape index (κ2) is 34.6. The highest BCUT2D eigenvalue weighted by molar-refractivity contribution is 7.47. The van der Waals surface area contributed by atoms with Gasteiger partial charge in [0.05, 0.1) is 19.8 Å². The molecule has 0 aromatic carbocycles. The first-order chi connectivity index (χ1) is 24.6. The molecule has 5 atom stereocenters. The Kier molecular flexibility index (Phi) is 33.9. The summed E-state index contributed by atoms with van der Waals surface area (Å²) in [4.78, 5) is 35.0. The molecule has 0 fully saturated rings. The standard InChI is InChI=1S/C38H75O12P/c1-3-5-7-9-11-13-14-15-16-17-18-20-21-23-25-27-36(42)47-30-33(50-37(43)28-26-24-22-19-12-10-8-6-4-2)31-48-51(45,46)49-32-35(41)38(44)34(40)29-39/h33-35,38-41,44H,3-32H2,1-2H3,(H,45,46)/t33-,34-,35-,38+/m1/s1. The van der Waals surface area contributed by atoms with Crippen LogP contribution in [0.2, 0.25) is 0 Å². The number of hydrogen-bond acceptors (Lipinski definition) is 11. The van der Waals surface area contributed by atoms with Crippen LogP contribution in [0.15, 0.2) is 0 Å². The van der Waals surface area contributed by atoms with E-state index in [9.17, 15) is 34.4 Å². The maximum absolute atomic E-state index is 12.6. The topological polar surface area (TPSA) is 189 Å². The summed E-state index contributed by atoms with van der Waals surface area (Å²) in [5.74, 6) is -1.01. The minimum Gasteiger partial charge on any atom is -0.462 e. The van der Waals surface area contributed by atoms with E-state index in [-0.39, 0.29) is 19.4 Å². The molecule has 0 heterocycles. The Balaban J connectivity index is 4.51. The molecular formula is C38H75O12P. The molecule has 0 radical (unpaired) electrons. The molecule has 51 heavy (non-hydrogen) atoms. The number of rotatable bonds is 38. The number of phosphoric ester groups is 1. The lowest BCUT2D eigenvalue weighted by Crippen LogP contribution is -2.41. The van der Waals surface area contributed by atoms with Crippen LogP contribution in [-0.2, 0) is 32.7 Å². The highest BCUT2D eigenvalue weighted by atomic mass is 31.2. The van der Waals surface area contributed by atoms with Gasteiger partial charge in [0.1, 0.15) is 24.9 Å². The van der Waals surface area contributed by atoms with Crippen LogP contribution in [0, 0.1) is 0 Å². The Morgan fingerprint density at radius 1 is 0.529 bits per heavy atom. The van der Waals surface area contributed by atoms with E-state index in [1.807, 2.05) is 0 Å². The summed E-state index contributed by atoms with van der Waals surface area (Å²) in [7, 11) is -4.81. The molecule has 0 saturated carbocycles. The Hall–Kier alpha value is -1.11. The quantitative estimate of drug-likeness (QED) is 0.0234. The van der Waals surface area contributed by atoms with Crippen LogP contribution in [0.25, 0.3) is 0 Å². The monoisotopic (exact) mass is 754 g/mol. The third-order valence-electron chi connectivity index (χ3n) is 9.00. The van der Waals surface area contributed by atoms with Crippen molar-refractivity contribution in [3.63, 3.8) is 0 Å². The molecule has 12 nitrogen and oxygen atoms in total. The van der Waals surface area contributed by atoms with E-state index >= 15 is 0 Å². The van der Waals surface area contributed by atoms with Crippen LogP contribution in [0.5, 0.6) is 0 Å². The highest BCUT2D eigenvalue weighted by Gasteiger charge is 2.30. The van der Waals surface area contributed by atoms with Gasteiger partial charge in [0.25, 0.3) is 0 Å². The minimum atomic E-state index is -4.81. The van der Waals surface area contributed by atoms with Crippen molar-refractivity contribution < 1.29 is 58.0 Å². The van der Waals surface area contributed by atoms with Crippen LogP contribution in [0.1, 0.15) is 181 Å². The molecule has 0 aliphatic carbocycles. The molecule has 0 aliphatic heterocycles. The fraction of sp³-hybridized carbons (Fsp3) is 0.947. The number of carbonyl (C=O) groups is 2. The smallest absolute Gasteiger partial charge is 0.462 e. The number of unbranched alkanes of at least 4 members (excludes halogenated alkanes) is 22. The third-order valence-corrected chi connectivity index (χ3v) is 9.96. The van der Waals surface area contributed by atoms with E-state index in [1.165, 1.54) is 103 Å². The maximum Gasteiger partial charge on any atom is 0.472 e. The normalized spacial score (nSPS) is 15.2. The average molecular weight is 755 g/mol. The van der Waals surface area contributed by atoms with Crippen molar-refractivity contribution in [1.82, 2.24) is 0 Å². The third kappa shape index (κ3) is 32.1. The van der Waals surface area contributed by atoms with E-state index in [1.54, 1.807) is 0 Å². The summed E-state index contributed by atoms with van der Waals surface area (Å²) in [5, 5.41) is 37.9. The number of aliphatic hydroxyl groups is 4. The van der Waals surface area contributed by atoms with Crippen molar-refractivity contribution in [3.05, 3.63) is 0 Å². The SMILES string of the molecule is CCCCCCCCCCCCCCCCCC(=O)OC[C@H](COP(=O)(O)OC[C@@H](O)[C@@H](O)[C@H](O)CO)OC(=O)CCCCCCCCCCC. The summed E-state index contributed by atoms with van der Waals surface area (Å²) in [6, 6.07) is 0. The van der Waals surface area contributed by atoms with Crippen molar-refractivity contribution in [2.75, 3.05) is 26.4 Å². The van der Waals surface area contributed by atoms with Crippen LogP contribution in [0.3, 0.4) is 0 Å². The van der Waals surface area contributed by atoms with E-state index < -0.39 is 64.0 Å². The van der Waals surface area contributed by atoms with Crippen molar-refractivity contribution >= 4 is 19.8 Å². The molecule has 0 aliphatic rings. The molecule has 0 spiro atoms. The number of phosphoric acid groups is 1. The summed E-state index contributed by atoms with van der Waals surface area (Å²) in [5.41, 5.74) is 0. The first-order valence-corrected chi connectivity index (χ1v) is 21.7. The zero-order chi connectivity index (χ0) is 38.0. The van der Waals surface area contributed by atoms with Crippen LogP contribution in [-0.4, -0.2) is 88.1 Å². The van der Waals surface area contributed by atoms with Gasteiger partial charge in [0.2, 0.25) is 0 Å². The zero-order valence-electron chi connectivity index (χ0n) is 32.1. The van der Waals surface area contributed by atoms with Crippen molar-refractivity contribution in [3.8, 4) is 0 Å². The molecule has 0 aromatic heterocycles. The molecule has 0 aromatic rings. The van der Waals surface area contributed by atoms with Gasteiger partial charge in [-0.25, -0.2) is 4.57 Å². The second-order valence-corrected chi connectivity index (χ2v) is 15.4. The van der Waals surface area contributed by atoms with Gasteiger partial charge in [-0.15, -0.1) is 0 Å². The second-order valence-electron chi connectivity index (χ2n) is 13.9. The molecule has 0 bridgehead atoms. The molecule has 0 amide bonds. The van der Waals surface area contributed by atoms with Crippen molar-refractivity contribution in [2.24, 2.45) is 0 Å². The van der Waals surface area contributed by atoms with Gasteiger partial charge >= 0.3 is 19.8 Å². The summed E-state index contributed by atoms with van der Waals surface area (Å²) >= 11 is 0.